The summed E-state index contributed by atoms with van der Waals surface area (Å²) in [6.07, 6.45) is 3.74. The van der Waals surface area contributed by atoms with Crippen LogP contribution < -0.4 is 0 Å². The van der Waals surface area contributed by atoms with Crippen LogP contribution in [0.1, 0.15) is 30.1 Å². The van der Waals surface area contributed by atoms with Crippen molar-refractivity contribution in [2.45, 2.75) is 25.4 Å². The Morgan fingerprint density at radius 3 is 3.08 bits per heavy atom. The van der Waals surface area contributed by atoms with E-state index < -0.39 is 0 Å². The Bertz CT molecular complexity index is 309. The minimum absolute atomic E-state index is 0.252. The Labute approximate surface area is 83.7 Å². The van der Waals surface area contributed by atoms with Gasteiger partial charge in [0.05, 0.1) is 6.10 Å². The minimum atomic E-state index is 0.252. The summed E-state index contributed by atoms with van der Waals surface area (Å²) in [5.74, 6) is 0. The average Bonchev–Trinajstić information content (AvgIpc) is 2.17. The van der Waals surface area contributed by atoms with Crippen molar-refractivity contribution in [1.29, 1.82) is 0 Å². The van der Waals surface area contributed by atoms with Crippen molar-refractivity contribution >= 4 is 11.6 Å². The van der Waals surface area contributed by atoms with E-state index in [0.29, 0.717) is 0 Å². The van der Waals surface area contributed by atoms with E-state index in [1.54, 1.807) is 7.11 Å². The molecule has 70 valence electrons. The highest BCUT2D eigenvalue weighted by atomic mass is 35.5. The molecule has 0 spiro atoms. The predicted octanol–water partition coefficient (Wildman–Crippen LogP) is 3.36. The van der Waals surface area contributed by atoms with E-state index >= 15 is 0 Å². The lowest BCUT2D eigenvalue weighted by atomic mass is 9.89. The second kappa shape index (κ2) is 3.69. The Hall–Kier alpha value is -0.530. The largest absolute Gasteiger partial charge is 0.377 e. The van der Waals surface area contributed by atoms with E-state index in [0.717, 1.165) is 17.9 Å². The summed E-state index contributed by atoms with van der Waals surface area (Å²) in [4.78, 5) is 0. The molecular formula is C11H13ClO. The Morgan fingerprint density at radius 2 is 2.31 bits per heavy atom. The van der Waals surface area contributed by atoms with Crippen LogP contribution in [-0.2, 0) is 11.2 Å². The highest BCUT2D eigenvalue weighted by Gasteiger charge is 2.19. The van der Waals surface area contributed by atoms with Gasteiger partial charge in [-0.15, -0.1) is 0 Å². The summed E-state index contributed by atoms with van der Waals surface area (Å²) >= 11 is 5.94. The van der Waals surface area contributed by atoms with Gasteiger partial charge in [-0.2, -0.15) is 0 Å². The fourth-order valence-corrected chi connectivity index (χ4v) is 2.15. The Balaban J connectivity index is 2.41. The summed E-state index contributed by atoms with van der Waals surface area (Å²) < 4.78 is 5.41. The zero-order valence-electron chi connectivity index (χ0n) is 7.72. The normalized spacial score (nSPS) is 21.2. The topological polar surface area (TPSA) is 9.23 Å². The van der Waals surface area contributed by atoms with Gasteiger partial charge >= 0.3 is 0 Å². The lowest BCUT2D eigenvalue weighted by molar-refractivity contribution is 0.0881. The zero-order chi connectivity index (χ0) is 9.26. The molecule has 1 aromatic rings. The van der Waals surface area contributed by atoms with Crippen LogP contribution in [0.3, 0.4) is 0 Å². The molecule has 2 rings (SSSR count). The molecule has 0 aromatic heterocycles. The monoisotopic (exact) mass is 196 g/mol. The molecule has 1 atom stereocenters. The first kappa shape index (κ1) is 9.04. The zero-order valence-corrected chi connectivity index (χ0v) is 8.47. The average molecular weight is 197 g/mol. The molecule has 0 fully saturated rings. The van der Waals surface area contributed by atoms with Crippen molar-refractivity contribution in [3.05, 3.63) is 34.3 Å². The van der Waals surface area contributed by atoms with Crippen LogP contribution in [0.2, 0.25) is 5.02 Å². The number of fused-ring (bicyclic) bond motifs is 1. The molecule has 0 heterocycles. The molecule has 1 nitrogen and oxygen atoms in total. The molecule has 1 aliphatic rings. The SMILES string of the molecule is COC1CCCc2ccc(Cl)cc21. The lowest BCUT2D eigenvalue weighted by Gasteiger charge is -2.24. The number of halogens is 1. The molecule has 1 aromatic carbocycles. The molecule has 0 saturated heterocycles. The van der Waals surface area contributed by atoms with Crippen LogP contribution in [-0.4, -0.2) is 7.11 Å². The summed E-state index contributed by atoms with van der Waals surface area (Å²) in [6.45, 7) is 0. The smallest absolute Gasteiger partial charge is 0.0824 e. The Kier molecular flexibility index (Phi) is 2.56. The van der Waals surface area contributed by atoms with Crippen molar-refractivity contribution < 1.29 is 4.74 Å². The number of benzene rings is 1. The van der Waals surface area contributed by atoms with E-state index in [4.69, 9.17) is 16.3 Å². The van der Waals surface area contributed by atoms with Crippen LogP contribution in [0.25, 0.3) is 0 Å². The Morgan fingerprint density at radius 1 is 1.46 bits per heavy atom. The van der Waals surface area contributed by atoms with Crippen molar-refractivity contribution in [1.82, 2.24) is 0 Å². The quantitative estimate of drug-likeness (QED) is 0.669. The maximum atomic E-state index is 5.94. The minimum Gasteiger partial charge on any atom is -0.377 e. The van der Waals surface area contributed by atoms with Gasteiger partial charge in [-0.1, -0.05) is 17.7 Å². The third-order valence-electron chi connectivity index (χ3n) is 2.65. The van der Waals surface area contributed by atoms with Crippen LogP contribution in [0.15, 0.2) is 18.2 Å². The van der Waals surface area contributed by atoms with Crippen molar-refractivity contribution in [3.8, 4) is 0 Å². The van der Waals surface area contributed by atoms with Crippen LogP contribution in [0.5, 0.6) is 0 Å². The van der Waals surface area contributed by atoms with E-state index in [2.05, 4.69) is 6.07 Å². The van der Waals surface area contributed by atoms with Gasteiger partial charge in [-0.3, -0.25) is 0 Å². The number of aryl methyl sites for hydroxylation is 1. The second-order valence-corrected chi connectivity index (χ2v) is 3.90. The second-order valence-electron chi connectivity index (χ2n) is 3.46. The van der Waals surface area contributed by atoms with Gasteiger partial charge in [0.25, 0.3) is 0 Å². The van der Waals surface area contributed by atoms with E-state index in [1.807, 2.05) is 12.1 Å². The standard InChI is InChI=1S/C11H13ClO/c1-13-11-4-2-3-8-5-6-9(12)7-10(8)11/h5-7,11H,2-4H2,1H3. The molecule has 0 radical (unpaired) electrons. The molecule has 0 N–H and O–H groups in total. The maximum Gasteiger partial charge on any atom is 0.0824 e. The fourth-order valence-electron chi connectivity index (χ4n) is 1.97. The summed E-state index contributed by atoms with van der Waals surface area (Å²) in [5.41, 5.74) is 2.67. The molecular weight excluding hydrogens is 184 g/mol. The lowest BCUT2D eigenvalue weighted by Crippen LogP contribution is -2.11. The molecule has 0 saturated carbocycles. The van der Waals surface area contributed by atoms with Gasteiger partial charge in [-0.25, -0.2) is 0 Å². The van der Waals surface area contributed by atoms with E-state index in [9.17, 15) is 0 Å². The van der Waals surface area contributed by atoms with Gasteiger partial charge in [0.2, 0.25) is 0 Å². The van der Waals surface area contributed by atoms with Gasteiger partial charge in [0, 0.05) is 12.1 Å². The predicted molar refractivity (Wildman–Crippen MR) is 54.1 cm³/mol. The van der Waals surface area contributed by atoms with Gasteiger partial charge < -0.3 is 4.74 Å². The molecule has 13 heavy (non-hydrogen) atoms. The molecule has 2 heteroatoms. The van der Waals surface area contributed by atoms with Crippen molar-refractivity contribution in [2.75, 3.05) is 7.11 Å². The van der Waals surface area contributed by atoms with Gasteiger partial charge in [-0.05, 0) is 42.5 Å². The number of hydrogen-bond acceptors (Lipinski definition) is 1. The molecule has 0 bridgehead atoms. The van der Waals surface area contributed by atoms with E-state index in [1.165, 1.54) is 17.5 Å². The summed E-state index contributed by atoms with van der Waals surface area (Å²) in [5, 5.41) is 0.808. The van der Waals surface area contributed by atoms with Crippen LogP contribution in [0, 0.1) is 0 Å². The first-order valence-corrected chi connectivity index (χ1v) is 5.00. The van der Waals surface area contributed by atoms with E-state index in [-0.39, 0.29) is 6.10 Å². The summed E-state index contributed by atoms with van der Waals surface area (Å²) in [6, 6.07) is 6.10. The first-order valence-electron chi connectivity index (χ1n) is 4.62. The highest BCUT2D eigenvalue weighted by Crippen LogP contribution is 2.33. The molecule has 0 amide bonds. The van der Waals surface area contributed by atoms with Gasteiger partial charge in [0.1, 0.15) is 0 Å². The number of ether oxygens (including phenoxy) is 1. The van der Waals surface area contributed by atoms with Crippen LogP contribution in [0.4, 0.5) is 0 Å². The van der Waals surface area contributed by atoms with Crippen molar-refractivity contribution in [2.24, 2.45) is 0 Å². The molecule has 1 aliphatic carbocycles. The fraction of sp³-hybridized carbons (Fsp3) is 0.455. The molecule has 0 aliphatic heterocycles. The van der Waals surface area contributed by atoms with Crippen molar-refractivity contribution in [3.63, 3.8) is 0 Å². The molecule has 1 unspecified atom stereocenters. The highest BCUT2D eigenvalue weighted by molar-refractivity contribution is 6.30. The number of rotatable bonds is 1. The first-order chi connectivity index (χ1) is 6.31. The summed E-state index contributed by atoms with van der Waals surface area (Å²) in [7, 11) is 1.76. The third kappa shape index (κ3) is 1.72. The number of hydrogen-bond donors (Lipinski definition) is 0. The third-order valence-corrected chi connectivity index (χ3v) is 2.89. The van der Waals surface area contributed by atoms with Gasteiger partial charge in [0.15, 0.2) is 0 Å². The maximum absolute atomic E-state index is 5.94. The number of methoxy groups -OCH3 is 1. The van der Waals surface area contributed by atoms with Crippen LogP contribution >= 0.6 is 11.6 Å².